The van der Waals surface area contributed by atoms with Crippen LogP contribution in [-0.4, -0.2) is 48.1 Å². The molecular weight excluding hydrogens is 472 g/mol. The molecule has 0 fully saturated rings. The lowest BCUT2D eigenvalue weighted by atomic mass is 10.2. The molecule has 0 aliphatic heterocycles. The highest BCUT2D eigenvalue weighted by Crippen LogP contribution is 2.29. The van der Waals surface area contributed by atoms with Crippen LogP contribution in [0.15, 0.2) is 53.4 Å². The summed E-state index contributed by atoms with van der Waals surface area (Å²) in [7, 11) is -2.13. The number of nitrogens with one attached hydrogen (secondary N) is 1. The molecule has 0 saturated heterocycles. The van der Waals surface area contributed by atoms with Gasteiger partial charge in [0.1, 0.15) is 11.3 Å². The van der Waals surface area contributed by atoms with Crippen molar-refractivity contribution in [3.63, 3.8) is 0 Å². The van der Waals surface area contributed by atoms with Crippen LogP contribution in [-0.2, 0) is 27.7 Å². The summed E-state index contributed by atoms with van der Waals surface area (Å²) in [6, 6.07) is 12.5. The molecule has 0 bridgehead atoms. The van der Waals surface area contributed by atoms with E-state index in [4.69, 9.17) is 15.5 Å². The minimum Gasteiger partial charge on any atom is -0.384 e. The minimum atomic E-state index is -3.76. The predicted molar refractivity (Wildman–Crippen MR) is 133 cm³/mol. The molecule has 12 heteroatoms. The van der Waals surface area contributed by atoms with Gasteiger partial charge in [-0.3, -0.25) is 10.1 Å². The normalized spacial score (nSPS) is 11.9. The average molecular weight is 499 g/mol. The Bertz CT molecular complexity index is 1470. The summed E-state index contributed by atoms with van der Waals surface area (Å²) < 4.78 is 34.9. The van der Waals surface area contributed by atoms with Crippen molar-refractivity contribution in [2.75, 3.05) is 26.0 Å². The Morgan fingerprint density at radius 2 is 1.86 bits per heavy atom. The number of unbranched alkanes of at least 4 members (excludes halogenated alkanes) is 1. The quantitative estimate of drug-likeness (QED) is 0.182. The number of nitro groups is 1. The molecule has 0 aliphatic carbocycles. The number of aromatic nitrogens is 3. The summed E-state index contributed by atoms with van der Waals surface area (Å²) in [6.07, 6.45) is 1.87. The number of hydrogen-bond acceptors (Lipinski definition) is 8. The van der Waals surface area contributed by atoms with E-state index < -0.39 is 14.9 Å². The number of ether oxygens (including phenoxy) is 1. The molecule has 0 aliphatic rings. The van der Waals surface area contributed by atoms with E-state index in [2.05, 4.69) is 14.3 Å². The maximum absolute atomic E-state index is 12.5. The maximum atomic E-state index is 12.5. The number of non-ortho nitro benzene ring substituents is 1. The first-order valence-electron chi connectivity index (χ1n) is 11.1. The molecule has 184 valence electrons. The SMILES string of the molecule is COCCc1nc2c(N)nc3ccccc3c2n1CCCCNS(=O)(=O)c1ccc([N+](=O)[O-])cc1. The Hall–Kier alpha value is -3.61. The number of fused-ring (bicyclic) bond motifs is 3. The molecule has 35 heavy (non-hydrogen) atoms. The summed E-state index contributed by atoms with van der Waals surface area (Å²) in [4.78, 5) is 19.4. The molecule has 3 N–H and O–H groups in total. The summed E-state index contributed by atoms with van der Waals surface area (Å²) >= 11 is 0. The number of pyridine rings is 1. The molecule has 0 radical (unpaired) electrons. The van der Waals surface area contributed by atoms with Crippen molar-refractivity contribution < 1.29 is 18.1 Å². The highest BCUT2D eigenvalue weighted by molar-refractivity contribution is 7.89. The number of sulfonamides is 1. The largest absolute Gasteiger partial charge is 0.384 e. The van der Waals surface area contributed by atoms with Crippen molar-refractivity contribution in [1.82, 2.24) is 19.3 Å². The smallest absolute Gasteiger partial charge is 0.269 e. The van der Waals surface area contributed by atoms with E-state index in [1.54, 1.807) is 7.11 Å². The van der Waals surface area contributed by atoms with Gasteiger partial charge in [-0.25, -0.2) is 23.1 Å². The molecule has 11 nitrogen and oxygen atoms in total. The van der Waals surface area contributed by atoms with Crippen LogP contribution in [0.25, 0.3) is 21.9 Å². The highest BCUT2D eigenvalue weighted by Gasteiger charge is 2.18. The summed E-state index contributed by atoms with van der Waals surface area (Å²) in [5, 5.41) is 11.7. The Balaban J connectivity index is 1.48. The number of methoxy groups -OCH3 is 1. The van der Waals surface area contributed by atoms with E-state index in [1.807, 2.05) is 24.3 Å². The van der Waals surface area contributed by atoms with E-state index >= 15 is 0 Å². The van der Waals surface area contributed by atoms with E-state index in [1.165, 1.54) is 24.3 Å². The van der Waals surface area contributed by atoms with E-state index in [-0.39, 0.29) is 17.1 Å². The Morgan fingerprint density at radius 1 is 1.11 bits per heavy atom. The highest BCUT2D eigenvalue weighted by atomic mass is 32.2. The van der Waals surface area contributed by atoms with Crippen molar-refractivity contribution >= 4 is 43.5 Å². The van der Waals surface area contributed by atoms with Crippen molar-refractivity contribution in [2.24, 2.45) is 0 Å². The van der Waals surface area contributed by atoms with Crippen molar-refractivity contribution in [3.8, 4) is 0 Å². The topological polar surface area (TPSA) is 155 Å². The lowest BCUT2D eigenvalue weighted by molar-refractivity contribution is -0.384. The Labute approximate surface area is 202 Å². The fourth-order valence-corrected chi connectivity index (χ4v) is 5.04. The fraction of sp³-hybridized carbons (Fsp3) is 0.304. The second kappa shape index (κ2) is 10.3. The van der Waals surface area contributed by atoms with Crippen molar-refractivity contribution in [1.29, 1.82) is 0 Å². The number of nitrogens with zero attached hydrogens (tertiary/aromatic N) is 4. The molecule has 2 heterocycles. The maximum Gasteiger partial charge on any atom is 0.269 e. The molecule has 0 saturated carbocycles. The van der Waals surface area contributed by atoms with Gasteiger partial charge in [0.25, 0.3) is 5.69 Å². The van der Waals surface area contributed by atoms with Gasteiger partial charge >= 0.3 is 0 Å². The number of rotatable bonds is 11. The lowest BCUT2D eigenvalue weighted by Gasteiger charge is -2.11. The van der Waals surface area contributed by atoms with Gasteiger partial charge in [-0.15, -0.1) is 0 Å². The van der Waals surface area contributed by atoms with Crippen LogP contribution in [0.2, 0.25) is 0 Å². The average Bonchev–Trinajstić information content (AvgIpc) is 3.22. The molecule has 2 aromatic heterocycles. The summed E-state index contributed by atoms with van der Waals surface area (Å²) in [5.74, 6) is 1.20. The fourth-order valence-electron chi connectivity index (χ4n) is 3.96. The molecule has 0 atom stereocenters. The standard InChI is InChI=1S/C23H26N6O5S/c1-34-15-12-20-27-21-22(18-6-2-3-7-19(18)26-23(21)24)28(20)14-5-4-13-25-35(32,33)17-10-8-16(9-11-17)29(30)31/h2-3,6-11,25H,4-5,12-15H2,1H3,(H2,24,26). The van der Waals surface area contributed by atoms with Crippen LogP contribution in [0.4, 0.5) is 11.5 Å². The zero-order valence-corrected chi connectivity index (χ0v) is 20.0. The van der Waals surface area contributed by atoms with Gasteiger partial charge in [0.05, 0.1) is 27.5 Å². The van der Waals surface area contributed by atoms with Gasteiger partial charge < -0.3 is 15.0 Å². The summed E-state index contributed by atoms with van der Waals surface area (Å²) in [5.41, 5.74) is 8.38. The number of nitro benzene ring substituents is 1. The number of anilines is 1. The Kier molecular flexibility index (Phi) is 7.24. The molecule has 4 rings (SSSR count). The zero-order chi connectivity index (χ0) is 25.0. The number of nitrogen functional groups attached to an aromatic ring is 1. The molecule has 0 unspecified atom stereocenters. The number of hydrogen-bond donors (Lipinski definition) is 2. The lowest BCUT2D eigenvalue weighted by Crippen LogP contribution is -2.25. The first kappa shape index (κ1) is 24.5. The first-order valence-corrected chi connectivity index (χ1v) is 12.6. The van der Waals surface area contributed by atoms with Gasteiger partial charge in [0, 0.05) is 44.1 Å². The summed E-state index contributed by atoms with van der Waals surface area (Å²) in [6.45, 7) is 1.34. The third-order valence-corrected chi connectivity index (χ3v) is 7.15. The molecular formula is C23H26N6O5S. The molecule has 0 amide bonds. The second-order valence-electron chi connectivity index (χ2n) is 7.99. The van der Waals surface area contributed by atoms with Gasteiger partial charge in [0.2, 0.25) is 10.0 Å². The third-order valence-electron chi connectivity index (χ3n) is 5.68. The number of aryl methyl sites for hydroxylation is 1. The van der Waals surface area contributed by atoms with Gasteiger partial charge in [-0.1, -0.05) is 18.2 Å². The van der Waals surface area contributed by atoms with Crippen LogP contribution in [0.1, 0.15) is 18.7 Å². The molecule has 4 aromatic rings. The number of para-hydroxylation sites is 1. The first-order chi connectivity index (χ1) is 16.8. The number of nitrogens with two attached hydrogens (primary N) is 1. The van der Waals surface area contributed by atoms with Crippen LogP contribution in [0.3, 0.4) is 0 Å². The Morgan fingerprint density at radius 3 is 2.57 bits per heavy atom. The van der Waals surface area contributed by atoms with Gasteiger partial charge in [-0.05, 0) is 31.0 Å². The van der Waals surface area contributed by atoms with Crippen LogP contribution in [0, 0.1) is 10.1 Å². The van der Waals surface area contributed by atoms with Crippen LogP contribution < -0.4 is 10.5 Å². The third kappa shape index (κ3) is 5.24. The monoisotopic (exact) mass is 498 g/mol. The van der Waals surface area contributed by atoms with E-state index in [0.717, 1.165) is 22.2 Å². The van der Waals surface area contributed by atoms with E-state index in [0.29, 0.717) is 43.7 Å². The second-order valence-corrected chi connectivity index (χ2v) is 9.76. The van der Waals surface area contributed by atoms with Crippen molar-refractivity contribution in [2.45, 2.75) is 30.7 Å². The number of benzene rings is 2. The van der Waals surface area contributed by atoms with Crippen LogP contribution in [0.5, 0.6) is 0 Å². The van der Waals surface area contributed by atoms with Gasteiger partial charge in [-0.2, -0.15) is 0 Å². The molecule has 0 spiro atoms. The minimum absolute atomic E-state index is 0.0139. The van der Waals surface area contributed by atoms with Crippen molar-refractivity contribution in [3.05, 3.63) is 64.5 Å². The zero-order valence-electron chi connectivity index (χ0n) is 19.2. The van der Waals surface area contributed by atoms with Crippen LogP contribution >= 0.6 is 0 Å². The van der Waals surface area contributed by atoms with E-state index in [9.17, 15) is 18.5 Å². The molecule has 2 aromatic carbocycles. The number of imidazole rings is 1. The predicted octanol–water partition coefficient (Wildman–Crippen LogP) is 3.02. The van der Waals surface area contributed by atoms with Gasteiger partial charge in [0.15, 0.2) is 5.82 Å².